The number of nitrogens with one attached hydrogen (secondary N) is 1. The van der Waals surface area contributed by atoms with Gasteiger partial charge in [-0.05, 0) is 36.6 Å². The van der Waals surface area contributed by atoms with E-state index in [-0.39, 0.29) is 10.5 Å². The third-order valence-electron chi connectivity index (χ3n) is 2.86. The largest absolute Gasteiger partial charge is 0.417 e. The van der Waals surface area contributed by atoms with Crippen LogP contribution in [-0.2, 0) is 6.18 Å². The summed E-state index contributed by atoms with van der Waals surface area (Å²) < 4.78 is 38.8. The molecule has 0 saturated carbocycles. The molecule has 0 aliphatic carbocycles. The normalized spacial score (nSPS) is 13.9. The summed E-state index contributed by atoms with van der Waals surface area (Å²) in [6, 6.07) is 4.41. The fourth-order valence-corrected chi connectivity index (χ4v) is 2.50. The first kappa shape index (κ1) is 16.5. The van der Waals surface area contributed by atoms with Gasteiger partial charge in [0, 0.05) is 10.5 Å². The standard InChI is InChI=1S/C14H19BrF3N/c1-4-19-13(7-9(2)3)10-5-6-12(15)11(8-10)14(16,17)18/h5-6,8-9,13,19H,4,7H2,1-3H3. The van der Waals surface area contributed by atoms with Gasteiger partial charge in [0.1, 0.15) is 0 Å². The van der Waals surface area contributed by atoms with Crippen molar-refractivity contribution in [1.29, 1.82) is 0 Å². The van der Waals surface area contributed by atoms with Crippen molar-refractivity contribution >= 4 is 15.9 Å². The summed E-state index contributed by atoms with van der Waals surface area (Å²) in [7, 11) is 0. The number of benzene rings is 1. The third-order valence-corrected chi connectivity index (χ3v) is 3.55. The summed E-state index contributed by atoms with van der Waals surface area (Å²) >= 11 is 2.96. The van der Waals surface area contributed by atoms with Crippen LogP contribution in [0.4, 0.5) is 13.2 Å². The molecular weight excluding hydrogens is 319 g/mol. The fraction of sp³-hybridized carbons (Fsp3) is 0.571. The molecule has 1 nitrogen and oxygen atoms in total. The molecule has 0 spiro atoms. The third kappa shape index (κ3) is 4.80. The van der Waals surface area contributed by atoms with Gasteiger partial charge in [0.05, 0.1) is 5.56 Å². The molecule has 0 bridgehead atoms. The van der Waals surface area contributed by atoms with Gasteiger partial charge in [-0.15, -0.1) is 0 Å². The summed E-state index contributed by atoms with van der Waals surface area (Å²) in [5.41, 5.74) is 0.0720. The predicted octanol–water partition coefficient (Wildman–Crippen LogP) is 5.16. The zero-order chi connectivity index (χ0) is 14.6. The van der Waals surface area contributed by atoms with Crippen molar-refractivity contribution in [2.75, 3.05) is 6.54 Å². The van der Waals surface area contributed by atoms with E-state index in [1.54, 1.807) is 6.07 Å². The molecule has 0 saturated heterocycles. The monoisotopic (exact) mass is 337 g/mol. The molecule has 1 rings (SSSR count). The Morgan fingerprint density at radius 1 is 1.26 bits per heavy atom. The number of rotatable bonds is 5. The van der Waals surface area contributed by atoms with Crippen molar-refractivity contribution < 1.29 is 13.2 Å². The Morgan fingerprint density at radius 2 is 1.89 bits per heavy atom. The van der Waals surface area contributed by atoms with Crippen molar-refractivity contribution in [2.24, 2.45) is 5.92 Å². The zero-order valence-corrected chi connectivity index (χ0v) is 12.9. The highest BCUT2D eigenvalue weighted by atomic mass is 79.9. The molecule has 0 amide bonds. The van der Waals surface area contributed by atoms with Crippen molar-refractivity contribution in [2.45, 2.75) is 39.4 Å². The van der Waals surface area contributed by atoms with Crippen molar-refractivity contribution in [3.63, 3.8) is 0 Å². The second kappa shape index (κ2) is 6.75. The number of alkyl halides is 3. The molecule has 0 aliphatic heterocycles. The van der Waals surface area contributed by atoms with Crippen LogP contribution in [0.2, 0.25) is 0 Å². The predicted molar refractivity (Wildman–Crippen MR) is 75.0 cm³/mol. The van der Waals surface area contributed by atoms with Crippen LogP contribution < -0.4 is 5.32 Å². The molecule has 1 atom stereocenters. The van der Waals surface area contributed by atoms with Crippen LogP contribution in [0.5, 0.6) is 0 Å². The molecule has 108 valence electrons. The van der Waals surface area contributed by atoms with Gasteiger partial charge in [0.25, 0.3) is 0 Å². The van der Waals surface area contributed by atoms with Crippen LogP contribution in [-0.4, -0.2) is 6.54 Å². The van der Waals surface area contributed by atoms with E-state index in [9.17, 15) is 13.2 Å². The lowest BCUT2D eigenvalue weighted by molar-refractivity contribution is -0.138. The molecule has 1 aromatic carbocycles. The van der Waals surface area contributed by atoms with E-state index in [1.165, 1.54) is 12.1 Å². The number of hydrogen-bond donors (Lipinski definition) is 1. The van der Waals surface area contributed by atoms with E-state index in [1.807, 2.05) is 6.92 Å². The molecule has 0 heterocycles. The number of halogens is 4. The van der Waals surface area contributed by atoms with Crippen LogP contribution in [0.15, 0.2) is 22.7 Å². The molecule has 19 heavy (non-hydrogen) atoms. The quantitative estimate of drug-likeness (QED) is 0.781. The van der Waals surface area contributed by atoms with Crippen LogP contribution in [0.1, 0.15) is 44.4 Å². The minimum Gasteiger partial charge on any atom is -0.310 e. The molecule has 0 fully saturated rings. The van der Waals surface area contributed by atoms with Crippen LogP contribution in [0.3, 0.4) is 0 Å². The summed E-state index contributed by atoms with van der Waals surface area (Å²) in [5, 5.41) is 3.25. The fourth-order valence-electron chi connectivity index (χ4n) is 2.03. The SMILES string of the molecule is CCNC(CC(C)C)c1ccc(Br)c(C(F)(F)F)c1. The molecule has 0 aliphatic rings. The smallest absolute Gasteiger partial charge is 0.310 e. The lowest BCUT2D eigenvalue weighted by Gasteiger charge is -2.22. The van der Waals surface area contributed by atoms with E-state index in [2.05, 4.69) is 35.1 Å². The lowest BCUT2D eigenvalue weighted by Crippen LogP contribution is -2.23. The Bertz CT molecular complexity index is 416. The average Bonchev–Trinajstić information content (AvgIpc) is 2.27. The molecule has 1 unspecified atom stereocenters. The highest BCUT2D eigenvalue weighted by molar-refractivity contribution is 9.10. The summed E-state index contributed by atoms with van der Waals surface area (Å²) in [5.74, 6) is 0.419. The van der Waals surface area contributed by atoms with Crippen molar-refractivity contribution in [3.8, 4) is 0 Å². The molecular formula is C14H19BrF3N. The van der Waals surface area contributed by atoms with Crippen LogP contribution in [0.25, 0.3) is 0 Å². The van der Waals surface area contributed by atoms with Crippen LogP contribution in [0, 0.1) is 5.92 Å². The Morgan fingerprint density at radius 3 is 2.37 bits per heavy atom. The maximum atomic E-state index is 12.9. The topological polar surface area (TPSA) is 12.0 Å². The Labute approximate surface area is 120 Å². The summed E-state index contributed by atoms with van der Waals surface area (Å²) in [6.07, 6.45) is -3.52. The Balaban J connectivity index is 3.10. The van der Waals surface area contributed by atoms with Gasteiger partial charge in [-0.25, -0.2) is 0 Å². The Kier molecular flexibility index (Phi) is 5.86. The summed E-state index contributed by atoms with van der Waals surface area (Å²) in [4.78, 5) is 0. The van der Waals surface area contributed by atoms with Gasteiger partial charge < -0.3 is 5.32 Å². The molecule has 0 radical (unpaired) electrons. The van der Waals surface area contributed by atoms with E-state index in [0.29, 0.717) is 11.5 Å². The highest BCUT2D eigenvalue weighted by Crippen LogP contribution is 2.37. The van der Waals surface area contributed by atoms with E-state index in [4.69, 9.17) is 0 Å². The first-order chi connectivity index (χ1) is 8.75. The lowest BCUT2D eigenvalue weighted by atomic mass is 9.95. The van der Waals surface area contributed by atoms with Gasteiger partial charge in [-0.2, -0.15) is 13.2 Å². The highest BCUT2D eigenvalue weighted by Gasteiger charge is 2.33. The van der Waals surface area contributed by atoms with Crippen molar-refractivity contribution in [3.05, 3.63) is 33.8 Å². The van der Waals surface area contributed by atoms with Crippen molar-refractivity contribution in [1.82, 2.24) is 5.32 Å². The van der Waals surface area contributed by atoms with E-state index >= 15 is 0 Å². The van der Waals surface area contributed by atoms with Gasteiger partial charge in [-0.3, -0.25) is 0 Å². The summed E-state index contributed by atoms with van der Waals surface area (Å²) in [6.45, 7) is 6.81. The minimum absolute atomic E-state index is 0.0424. The second-order valence-corrected chi connectivity index (χ2v) is 5.83. The van der Waals surface area contributed by atoms with Gasteiger partial charge in [0.2, 0.25) is 0 Å². The average molecular weight is 338 g/mol. The molecule has 5 heteroatoms. The zero-order valence-electron chi connectivity index (χ0n) is 11.3. The maximum Gasteiger partial charge on any atom is 0.417 e. The maximum absolute atomic E-state index is 12.9. The minimum atomic E-state index is -4.33. The molecule has 1 aromatic rings. The van der Waals surface area contributed by atoms with Crippen LogP contribution >= 0.6 is 15.9 Å². The van der Waals surface area contributed by atoms with Gasteiger partial charge in [-0.1, -0.05) is 42.8 Å². The van der Waals surface area contributed by atoms with E-state index < -0.39 is 11.7 Å². The molecule has 0 aromatic heterocycles. The van der Waals surface area contributed by atoms with Gasteiger partial charge >= 0.3 is 6.18 Å². The first-order valence-electron chi connectivity index (χ1n) is 6.35. The first-order valence-corrected chi connectivity index (χ1v) is 7.15. The van der Waals surface area contributed by atoms with Gasteiger partial charge in [0.15, 0.2) is 0 Å². The molecule has 1 N–H and O–H groups in total. The van der Waals surface area contributed by atoms with E-state index in [0.717, 1.165) is 13.0 Å². The second-order valence-electron chi connectivity index (χ2n) is 4.98. The Hall–Kier alpha value is -0.550. The number of hydrogen-bond acceptors (Lipinski definition) is 1.